The molecule has 7 heteroatoms. The standard InChI is InChI=1S/C18H26N2O4S/c1-3-19(12-15-8-10-24-13-15)25(22,23)17-7-6-16(11-14(17)2)20-9-4-5-18(20)21/h6-7,11,15H,3-5,8-10,12-13H2,1-2H3. The zero-order chi connectivity index (χ0) is 18.0. The van der Waals surface area contributed by atoms with E-state index < -0.39 is 10.0 Å². The molecule has 1 aromatic carbocycles. The number of rotatable bonds is 6. The third-order valence-corrected chi connectivity index (χ3v) is 7.10. The minimum absolute atomic E-state index is 0.103. The Labute approximate surface area is 149 Å². The number of sulfonamides is 1. The van der Waals surface area contributed by atoms with Crippen LogP contribution in [0.25, 0.3) is 0 Å². The molecule has 2 fully saturated rings. The Morgan fingerprint density at radius 3 is 2.72 bits per heavy atom. The van der Waals surface area contributed by atoms with Crippen LogP contribution in [-0.2, 0) is 19.6 Å². The van der Waals surface area contributed by atoms with Crippen molar-refractivity contribution in [3.05, 3.63) is 23.8 Å². The van der Waals surface area contributed by atoms with E-state index in [1.54, 1.807) is 24.0 Å². The Bertz CT molecular complexity index is 741. The monoisotopic (exact) mass is 366 g/mol. The minimum atomic E-state index is -3.55. The van der Waals surface area contributed by atoms with Crippen LogP contribution in [0.15, 0.2) is 23.1 Å². The smallest absolute Gasteiger partial charge is 0.243 e. The van der Waals surface area contributed by atoms with E-state index in [0.717, 1.165) is 18.5 Å². The predicted molar refractivity (Wildman–Crippen MR) is 96.1 cm³/mol. The van der Waals surface area contributed by atoms with E-state index in [4.69, 9.17) is 4.74 Å². The number of carbonyl (C=O) groups excluding carboxylic acids is 1. The van der Waals surface area contributed by atoms with Crippen molar-refractivity contribution in [3.63, 3.8) is 0 Å². The molecular formula is C18H26N2O4S. The molecule has 1 amide bonds. The Hall–Kier alpha value is -1.44. The van der Waals surface area contributed by atoms with E-state index >= 15 is 0 Å². The first kappa shape index (κ1) is 18.4. The second-order valence-corrected chi connectivity index (χ2v) is 8.69. The number of amides is 1. The summed E-state index contributed by atoms with van der Waals surface area (Å²) in [5.74, 6) is 0.364. The summed E-state index contributed by atoms with van der Waals surface area (Å²) in [5.41, 5.74) is 1.46. The summed E-state index contributed by atoms with van der Waals surface area (Å²) >= 11 is 0. The highest BCUT2D eigenvalue weighted by Crippen LogP contribution is 2.28. The minimum Gasteiger partial charge on any atom is -0.381 e. The van der Waals surface area contributed by atoms with Crippen LogP contribution < -0.4 is 4.90 Å². The topological polar surface area (TPSA) is 66.9 Å². The van der Waals surface area contributed by atoms with E-state index in [2.05, 4.69) is 0 Å². The van der Waals surface area contributed by atoms with Crippen LogP contribution in [0.3, 0.4) is 0 Å². The second-order valence-electron chi connectivity index (χ2n) is 6.78. The summed E-state index contributed by atoms with van der Waals surface area (Å²) in [6, 6.07) is 5.19. The quantitative estimate of drug-likeness (QED) is 0.774. The number of anilines is 1. The van der Waals surface area contributed by atoms with Crippen molar-refractivity contribution in [1.82, 2.24) is 4.31 Å². The van der Waals surface area contributed by atoms with Crippen LogP contribution in [0.4, 0.5) is 5.69 Å². The van der Waals surface area contributed by atoms with Crippen molar-refractivity contribution < 1.29 is 17.9 Å². The van der Waals surface area contributed by atoms with Gasteiger partial charge in [0.25, 0.3) is 0 Å². The Balaban J connectivity index is 1.84. The maximum absolute atomic E-state index is 13.1. The van der Waals surface area contributed by atoms with Gasteiger partial charge in [0, 0.05) is 38.3 Å². The van der Waals surface area contributed by atoms with Gasteiger partial charge in [-0.05, 0) is 49.4 Å². The molecule has 1 aromatic rings. The molecule has 0 saturated carbocycles. The van der Waals surface area contributed by atoms with Gasteiger partial charge in [0.1, 0.15) is 0 Å². The molecule has 2 aliphatic rings. The normalized spacial score (nSPS) is 21.5. The number of nitrogens with zero attached hydrogens (tertiary/aromatic N) is 2. The zero-order valence-corrected chi connectivity index (χ0v) is 15.7. The van der Waals surface area contributed by atoms with E-state index in [1.165, 1.54) is 4.31 Å². The van der Waals surface area contributed by atoms with Gasteiger partial charge in [0.2, 0.25) is 15.9 Å². The molecule has 0 N–H and O–H groups in total. The van der Waals surface area contributed by atoms with Gasteiger partial charge < -0.3 is 9.64 Å². The average molecular weight is 366 g/mol. The van der Waals surface area contributed by atoms with E-state index in [9.17, 15) is 13.2 Å². The first-order valence-electron chi connectivity index (χ1n) is 8.92. The summed E-state index contributed by atoms with van der Waals surface area (Å²) in [4.78, 5) is 14.0. The number of hydrogen-bond donors (Lipinski definition) is 0. The number of aryl methyl sites for hydroxylation is 1. The van der Waals surface area contributed by atoms with Crippen LogP contribution in [0, 0.1) is 12.8 Å². The van der Waals surface area contributed by atoms with Gasteiger partial charge in [0.15, 0.2) is 0 Å². The maximum atomic E-state index is 13.1. The first-order valence-corrected chi connectivity index (χ1v) is 10.4. The summed E-state index contributed by atoms with van der Waals surface area (Å²) in [6.07, 6.45) is 2.32. The molecule has 0 radical (unpaired) electrons. The summed E-state index contributed by atoms with van der Waals surface area (Å²) in [6.45, 7) is 6.62. The Morgan fingerprint density at radius 1 is 1.36 bits per heavy atom. The highest BCUT2D eigenvalue weighted by molar-refractivity contribution is 7.89. The predicted octanol–water partition coefficient (Wildman–Crippen LogP) is 2.17. The second kappa shape index (κ2) is 7.43. The molecule has 0 aliphatic carbocycles. The van der Waals surface area contributed by atoms with E-state index in [1.807, 2.05) is 13.0 Å². The Morgan fingerprint density at radius 2 is 2.16 bits per heavy atom. The lowest BCUT2D eigenvalue weighted by molar-refractivity contribution is -0.117. The van der Waals surface area contributed by atoms with Gasteiger partial charge in [0.05, 0.1) is 11.5 Å². The van der Waals surface area contributed by atoms with Crippen LogP contribution >= 0.6 is 0 Å². The molecule has 1 atom stereocenters. The van der Waals surface area contributed by atoms with E-state index in [0.29, 0.717) is 49.7 Å². The molecular weight excluding hydrogens is 340 g/mol. The van der Waals surface area contributed by atoms with Crippen molar-refractivity contribution in [3.8, 4) is 0 Å². The summed E-state index contributed by atoms with van der Waals surface area (Å²) < 4.78 is 33.1. The van der Waals surface area contributed by atoms with Crippen LogP contribution in [0.5, 0.6) is 0 Å². The van der Waals surface area contributed by atoms with Crippen molar-refractivity contribution in [2.45, 2.75) is 38.0 Å². The molecule has 138 valence electrons. The lowest BCUT2D eigenvalue weighted by Gasteiger charge is -2.25. The van der Waals surface area contributed by atoms with Crippen LogP contribution in [0.2, 0.25) is 0 Å². The van der Waals surface area contributed by atoms with Crippen molar-refractivity contribution in [2.24, 2.45) is 5.92 Å². The zero-order valence-electron chi connectivity index (χ0n) is 14.9. The van der Waals surface area contributed by atoms with Crippen LogP contribution in [-0.4, -0.2) is 51.5 Å². The molecule has 6 nitrogen and oxygen atoms in total. The molecule has 1 unspecified atom stereocenters. The number of carbonyl (C=O) groups is 1. The molecule has 0 bridgehead atoms. The Kier molecular flexibility index (Phi) is 5.46. The maximum Gasteiger partial charge on any atom is 0.243 e. The van der Waals surface area contributed by atoms with Crippen LogP contribution in [0.1, 0.15) is 31.7 Å². The molecule has 2 saturated heterocycles. The lowest BCUT2D eigenvalue weighted by atomic mass is 10.1. The lowest BCUT2D eigenvalue weighted by Crippen LogP contribution is -2.36. The fraction of sp³-hybridized carbons (Fsp3) is 0.611. The summed E-state index contributed by atoms with van der Waals surface area (Å²) in [5, 5.41) is 0. The number of benzene rings is 1. The first-order chi connectivity index (χ1) is 11.9. The van der Waals surface area contributed by atoms with Gasteiger partial charge >= 0.3 is 0 Å². The third kappa shape index (κ3) is 3.73. The number of hydrogen-bond acceptors (Lipinski definition) is 4. The van der Waals surface area contributed by atoms with Crippen molar-refractivity contribution >= 4 is 21.6 Å². The molecule has 0 spiro atoms. The van der Waals surface area contributed by atoms with Gasteiger partial charge in [-0.25, -0.2) is 8.42 Å². The molecule has 3 rings (SSSR count). The van der Waals surface area contributed by atoms with Crippen molar-refractivity contribution in [2.75, 3.05) is 37.7 Å². The van der Waals surface area contributed by atoms with Crippen molar-refractivity contribution in [1.29, 1.82) is 0 Å². The summed E-state index contributed by atoms with van der Waals surface area (Å²) in [7, 11) is -3.55. The molecule has 2 heterocycles. The molecule has 2 aliphatic heterocycles. The fourth-order valence-electron chi connectivity index (χ4n) is 3.56. The van der Waals surface area contributed by atoms with E-state index in [-0.39, 0.29) is 11.8 Å². The van der Waals surface area contributed by atoms with Gasteiger partial charge in [-0.2, -0.15) is 4.31 Å². The SMILES string of the molecule is CCN(CC1CCOC1)S(=O)(=O)c1ccc(N2CCCC2=O)cc1C. The molecule has 25 heavy (non-hydrogen) atoms. The van der Waals surface area contributed by atoms with Gasteiger partial charge in [-0.3, -0.25) is 4.79 Å². The highest BCUT2D eigenvalue weighted by atomic mass is 32.2. The van der Waals surface area contributed by atoms with Gasteiger partial charge in [-0.1, -0.05) is 6.92 Å². The average Bonchev–Trinajstić information content (AvgIpc) is 3.23. The molecule has 0 aromatic heterocycles. The largest absolute Gasteiger partial charge is 0.381 e. The van der Waals surface area contributed by atoms with Gasteiger partial charge in [-0.15, -0.1) is 0 Å². The fourth-order valence-corrected chi connectivity index (χ4v) is 5.29. The third-order valence-electron chi connectivity index (χ3n) is 5.00. The number of ether oxygens (including phenoxy) is 1. The highest BCUT2D eigenvalue weighted by Gasteiger charge is 2.30.